The minimum absolute atomic E-state index is 0.570. The van der Waals surface area contributed by atoms with Crippen molar-refractivity contribution in [3.8, 4) is 5.75 Å². The average Bonchev–Trinajstić information content (AvgIpc) is 2.76. The van der Waals surface area contributed by atoms with Crippen LogP contribution in [0.4, 0.5) is 0 Å². The van der Waals surface area contributed by atoms with Crippen LogP contribution in [-0.2, 0) is 0 Å². The smallest absolute Gasteiger partial charge is 0.137 e. The summed E-state index contributed by atoms with van der Waals surface area (Å²) in [6.45, 7) is 6.49. The van der Waals surface area contributed by atoms with Gasteiger partial charge in [-0.3, -0.25) is 9.88 Å². The molecule has 16 heavy (non-hydrogen) atoms. The van der Waals surface area contributed by atoms with E-state index in [1.54, 1.807) is 12.4 Å². The molecule has 1 aliphatic heterocycles. The highest BCUT2D eigenvalue weighted by atomic mass is 16.5. The minimum Gasteiger partial charge on any atom is -0.490 e. The number of nitrogens with zero attached hydrogens (tertiary/aromatic N) is 2. The topological polar surface area (TPSA) is 25.4 Å². The van der Waals surface area contributed by atoms with Crippen molar-refractivity contribution in [2.75, 3.05) is 13.2 Å². The van der Waals surface area contributed by atoms with Crippen LogP contribution in [0.2, 0.25) is 0 Å². The molecule has 0 aromatic carbocycles. The van der Waals surface area contributed by atoms with Gasteiger partial charge in [0.1, 0.15) is 12.4 Å². The van der Waals surface area contributed by atoms with Gasteiger partial charge in [-0.25, -0.2) is 0 Å². The van der Waals surface area contributed by atoms with E-state index in [1.165, 1.54) is 19.4 Å². The monoisotopic (exact) mass is 220 g/mol. The van der Waals surface area contributed by atoms with Gasteiger partial charge < -0.3 is 4.74 Å². The average molecular weight is 220 g/mol. The zero-order chi connectivity index (χ0) is 11.4. The van der Waals surface area contributed by atoms with Crippen LogP contribution in [-0.4, -0.2) is 35.1 Å². The molecule has 1 saturated heterocycles. The molecule has 2 heterocycles. The molecule has 0 spiro atoms. The lowest BCUT2D eigenvalue weighted by Crippen LogP contribution is -2.39. The fraction of sp³-hybridized carbons (Fsp3) is 0.615. The highest BCUT2D eigenvalue weighted by molar-refractivity contribution is 5.15. The maximum atomic E-state index is 5.77. The lowest BCUT2D eigenvalue weighted by atomic mass is 10.2. The summed E-state index contributed by atoms with van der Waals surface area (Å²) in [4.78, 5) is 6.57. The van der Waals surface area contributed by atoms with E-state index < -0.39 is 0 Å². The molecule has 1 fully saturated rings. The Morgan fingerprint density at radius 2 is 2.44 bits per heavy atom. The molecule has 0 N–H and O–H groups in total. The standard InChI is InChI=1S/C13H20N2O/c1-11(2)15-8-4-5-12(15)10-16-13-6-3-7-14-9-13/h3,6-7,9,11-12H,4-5,8,10H2,1-2H3/t12-/m0/s1. The first-order valence-corrected chi connectivity index (χ1v) is 6.06. The van der Waals surface area contributed by atoms with Crippen LogP contribution in [0.1, 0.15) is 26.7 Å². The van der Waals surface area contributed by atoms with Crippen molar-refractivity contribution in [1.29, 1.82) is 0 Å². The summed E-state index contributed by atoms with van der Waals surface area (Å²) < 4.78 is 5.77. The Hall–Kier alpha value is -1.09. The van der Waals surface area contributed by atoms with E-state index in [2.05, 4.69) is 23.7 Å². The van der Waals surface area contributed by atoms with Crippen LogP contribution in [0.5, 0.6) is 5.75 Å². The molecule has 1 atom stereocenters. The van der Waals surface area contributed by atoms with Gasteiger partial charge in [0, 0.05) is 18.3 Å². The molecule has 2 rings (SSSR count). The summed E-state index contributed by atoms with van der Waals surface area (Å²) >= 11 is 0. The van der Waals surface area contributed by atoms with Crippen LogP contribution < -0.4 is 4.74 Å². The Bertz CT molecular complexity index is 313. The van der Waals surface area contributed by atoms with Gasteiger partial charge in [0.15, 0.2) is 0 Å². The van der Waals surface area contributed by atoms with Crippen molar-refractivity contribution in [3.63, 3.8) is 0 Å². The molecular weight excluding hydrogens is 200 g/mol. The van der Waals surface area contributed by atoms with E-state index in [9.17, 15) is 0 Å². The third kappa shape index (κ3) is 2.73. The second kappa shape index (κ2) is 5.30. The van der Waals surface area contributed by atoms with E-state index in [4.69, 9.17) is 4.74 Å². The van der Waals surface area contributed by atoms with Gasteiger partial charge in [-0.15, -0.1) is 0 Å². The molecule has 88 valence electrons. The summed E-state index contributed by atoms with van der Waals surface area (Å²) in [7, 11) is 0. The van der Waals surface area contributed by atoms with Crippen molar-refractivity contribution in [1.82, 2.24) is 9.88 Å². The molecule has 0 radical (unpaired) electrons. The predicted molar refractivity (Wildman–Crippen MR) is 64.6 cm³/mol. The number of rotatable bonds is 4. The fourth-order valence-electron chi connectivity index (χ4n) is 2.34. The number of hydrogen-bond acceptors (Lipinski definition) is 3. The van der Waals surface area contributed by atoms with E-state index >= 15 is 0 Å². The number of hydrogen-bond donors (Lipinski definition) is 0. The van der Waals surface area contributed by atoms with Gasteiger partial charge in [0.2, 0.25) is 0 Å². The summed E-state index contributed by atoms with van der Waals surface area (Å²) in [6, 6.07) is 5.05. The third-order valence-electron chi connectivity index (χ3n) is 3.16. The molecule has 0 amide bonds. The van der Waals surface area contributed by atoms with E-state index in [0.29, 0.717) is 12.1 Å². The first-order valence-electron chi connectivity index (χ1n) is 6.06. The highest BCUT2D eigenvalue weighted by Gasteiger charge is 2.26. The summed E-state index contributed by atoms with van der Waals surface area (Å²) in [5.41, 5.74) is 0. The Balaban J connectivity index is 1.86. The van der Waals surface area contributed by atoms with Gasteiger partial charge in [0.05, 0.1) is 6.20 Å². The van der Waals surface area contributed by atoms with Gasteiger partial charge >= 0.3 is 0 Å². The molecule has 1 aromatic heterocycles. The van der Waals surface area contributed by atoms with Crippen LogP contribution in [0.3, 0.4) is 0 Å². The second-order valence-electron chi connectivity index (χ2n) is 4.63. The van der Waals surface area contributed by atoms with E-state index in [1.807, 2.05) is 12.1 Å². The van der Waals surface area contributed by atoms with Gasteiger partial charge in [-0.2, -0.15) is 0 Å². The van der Waals surface area contributed by atoms with Crippen molar-refractivity contribution in [2.45, 2.75) is 38.8 Å². The van der Waals surface area contributed by atoms with Crippen molar-refractivity contribution in [3.05, 3.63) is 24.5 Å². The quantitative estimate of drug-likeness (QED) is 0.778. The Morgan fingerprint density at radius 3 is 3.12 bits per heavy atom. The summed E-state index contributed by atoms with van der Waals surface area (Å²) in [6.07, 6.45) is 6.08. The zero-order valence-electron chi connectivity index (χ0n) is 10.1. The Labute approximate surface area is 97.4 Å². The van der Waals surface area contributed by atoms with Crippen LogP contribution in [0.25, 0.3) is 0 Å². The Morgan fingerprint density at radius 1 is 1.56 bits per heavy atom. The van der Waals surface area contributed by atoms with Crippen molar-refractivity contribution in [2.24, 2.45) is 0 Å². The maximum Gasteiger partial charge on any atom is 0.137 e. The molecule has 1 aliphatic rings. The lowest BCUT2D eigenvalue weighted by molar-refractivity contribution is 0.144. The third-order valence-corrected chi connectivity index (χ3v) is 3.16. The fourth-order valence-corrected chi connectivity index (χ4v) is 2.34. The van der Waals surface area contributed by atoms with E-state index in [0.717, 1.165) is 12.4 Å². The predicted octanol–water partition coefficient (Wildman–Crippen LogP) is 2.33. The first kappa shape index (κ1) is 11.4. The minimum atomic E-state index is 0.570. The Kier molecular flexibility index (Phi) is 3.78. The molecule has 0 bridgehead atoms. The largest absolute Gasteiger partial charge is 0.490 e. The van der Waals surface area contributed by atoms with Crippen molar-refractivity contribution < 1.29 is 4.74 Å². The first-order chi connectivity index (χ1) is 7.77. The van der Waals surface area contributed by atoms with Gasteiger partial charge in [-0.1, -0.05) is 0 Å². The molecule has 0 aliphatic carbocycles. The zero-order valence-corrected chi connectivity index (χ0v) is 10.1. The second-order valence-corrected chi connectivity index (χ2v) is 4.63. The normalized spacial score (nSPS) is 21.6. The van der Waals surface area contributed by atoms with E-state index in [-0.39, 0.29) is 0 Å². The number of pyridine rings is 1. The molecular formula is C13H20N2O. The van der Waals surface area contributed by atoms with Crippen molar-refractivity contribution >= 4 is 0 Å². The SMILES string of the molecule is CC(C)N1CCC[C@H]1COc1cccnc1. The molecule has 3 heteroatoms. The molecule has 0 unspecified atom stereocenters. The van der Waals surface area contributed by atoms with Gasteiger partial charge in [-0.05, 0) is 45.4 Å². The van der Waals surface area contributed by atoms with Gasteiger partial charge in [0.25, 0.3) is 0 Å². The molecule has 3 nitrogen and oxygen atoms in total. The summed E-state index contributed by atoms with van der Waals surface area (Å²) in [5.74, 6) is 0.873. The number of likely N-dealkylation sites (tertiary alicyclic amines) is 1. The maximum absolute atomic E-state index is 5.77. The summed E-state index contributed by atoms with van der Waals surface area (Å²) in [5, 5.41) is 0. The number of aromatic nitrogens is 1. The highest BCUT2D eigenvalue weighted by Crippen LogP contribution is 2.20. The number of ether oxygens (including phenoxy) is 1. The van der Waals surface area contributed by atoms with Crippen LogP contribution >= 0.6 is 0 Å². The molecule has 1 aromatic rings. The van der Waals surface area contributed by atoms with Crippen LogP contribution in [0, 0.1) is 0 Å². The lowest BCUT2D eigenvalue weighted by Gasteiger charge is -2.28. The van der Waals surface area contributed by atoms with Crippen LogP contribution in [0.15, 0.2) is 24.5 Å². The molecule has 0 saturated carbocycles.